The molecule has 16 nitrogen and oxygen atoms in total. The molecule has 4 amide bonds. The van der Waals surface area contributed by atoms with Gasteiger partial charge in [-0.25, -0.2) is 9.97 Å². The molecule has 71 heavy (non-hydrogen) atoms. The van der Waals surface area contributed by atoms with E-state index in [1.807, 2.05) is 75.7 Å². The molecule has 0 bridgehead atoms. The van der Waals surface area contributed by atoms with Crippen LogP contribution in [0.1, 0.15) is 68.2 Å². The lowest BCUT2D eigenvalue weighted by Crippen LogP contribution is -2.57. The van der Waals surface area contributed by atoms with E-state index in [1.165, 1.54) is 4.90 Å². The number of halogens is 2. The summed E-state index contributed by atoms with van der Waals surface area (Å²) in [6.07, 6.45) is 3.50. The third-order valence-corrected chi connectivity index (χ3v) is 14.0. The van der Waals surface area contributed by atoms with Crippen molar-refractivity contribution < 1.29 is 43.2 Å². The lowest BCUT2D eigenvalue weighted by Gasteiger charge is -2.35. The van der Waals surface area contributed by atoms with E-state index in [4.69, 9.17) is 47.1 Å². The van der Waals surface area contributed by atoms with E-state index in [9.17, 15) is 24.3 Å². The fraction of sp³-hybridized carbons (Fsp3) is 0.462. The molecule has 0 radical (unpaired) electrons. The van der Waals surface area contributed by atoms with Crippen LogP contribution in [0.3, 0.4) is 0 Å². The van der Waals surface area contributed by atoms with Gasteiger partial charge in [-0.3, -0.25) is 19.2 Å². The molecule has 380 valence electrons. The van der Waals surface area contributed by atoms with Crippen LogP contribution in [0.15, 0.2) is 72.4 Å². The van der Waals surface area contributed by atoms with Gasteiger partial charge in [-0.1, -0.05) is 74.3 Å². The van der Waals surface area contributed by atoms with Gasteiger partial charge in [0.2, 0.25) is 23.6 Å². The van der Waals surface area contributed by atoms with Crippen molar-refractivity contribution in [1.29, 1.82) is 0 Å². The maximum absolute atomic E-state index is 14.0. The summed E-state index contributed by atoms with van der Waals surface area (Å²) in [5.41, 5.74) is 7.39. The maximum atomic E-state index is 14.0. The van der Waals surface area contributed by atoms with Gasteiger partial charge in [0.25, 0.3) is 0 Å². The van der Waals surface area contributed by atoms with E-state index in [-0.39, 0.29) is 83.0 Å². The Bertz CT molecular complexity index is 2600. The number of likely N-dealkylation sites (tertiary alicyclic amines) is 1. The first-order valence-corrected chi connectivity index (χ1v) is 25.6. The molecular formula is C52H63Cl2N7O9S. The van der Waals surface area contributed by atoms with Crippen LogP contribution in [0.5, 0.6) is 5.75 Å². The molecule has 3 unspecified atom stereocenters. The SMILES string of the molecule is Cc1ncsc1-c1ccc(CNC(=O)C2CC(O)CN2C(=O)C(NC(=O)CCOCCOCCOCCOc2ccc(-c3cn4c(n3)CCC4)cc2CNC(=O)Cc2ccc(Cl)c(Cl)c2)C(C)(C)C)cc1. The number of aromatic nitrogens is 3. The van der Waals surface area contributed by atoms with Gasteiger partial charge in [0, 0.05) is 62.8 Å². The zero-order valence-electron chi connectivity index (χ0n) is 40.6. The number of aliphatic hydroxyl groups is 1. The monoisotopic (exact) mass is 1030 g/mol. The van der Waals surface area contributed by atoms with E-state index >= 15 is 0 Å². The molecule has 1 saturated heterocycles. The zero-order valence-corrected chi connectivity index (χ0v) is 43.0. The Morgan fingerprint density at radius 2 is 1.55 bits per heavy atom. The minimum Gasteiger partial charge on any atom is -0.491 e. The summed E-state index contributed by atoms with van der Waals surface area (Å²) in [4.78, 5) is 65.1. The molecule has 2 aliphatic heterocycles. The number of nitrogens with zero attached hydrogens (tertiary/aromatic N) is 4. The van der Waals surface area contributed by atoms with Crippen LogP contribution in [0.2, 0.25) is 10.0 Å². The first-order valence-electron chi connectivity index (χ1n) is 23.9. The second-order valence-corrected chi connectivity index (χ2v) is 20.4. The largest absolute Gasteiger partial charge is 0.491 e. The van der Waals surface area contributed by atoms with E-state index in [1.54, 1.807) is 29.5 Å². The number of imidazole rings is 1. The number of hydrogen-bond acceptors (Lipinski definition) is 12. The number of carbonyl (C=O) groups excluding carboxylic acids is 4. The number of benzene rings is 3. The maximum Gasteiger partial charge on any atom is 0.246 e. The van der Waals surface area contributed by atoms with Gasteiger partial charge in [-0.05, 0) is 65.8 Å². The van der Waals surface area contributed by atoms with Crippen molar-refractivity contribution in [3.63, 3.8) is 0 Å². The van der Waals surface area contributed by atoms with Gasteiger partial charge in [-0.2, -0.15) is 0 Å². The molecule has 2 aliphatic rings. The standard InChI is InChI=1S/C52H63Cl2N7O9S/c1-33-48(71-32-57-33)36-10-7-34(8-11-36)28-56-50(65)43-27-39(62)30-61(43)51(66)49(52(2,3)4)59-46(63)15-17-67-18-19-68-20-21-69-22-23-70-44-14-12-37(42-31-60-16-5-6-45(60)58-42)26-38(44)29-55-47(64)25-35-9-13-40(53)41(54)24-35/h7-14,24,26,31-32,39,43,49,62H,5-6,15-23,25,27-30H2,1-4H3,(H,55,64)(H,56,65)(H,59,63). The van der Waals surface area contributed by atoms with Crippen molar-refractivity contribution in [1.82, 2.24) is 35.4 Å². The number of ether oxygens (including phenoxy) is 4. The van der Waals surface area contributed by atoms with E-state index < -0.39 is 29.5 Å². The molecule has 5 aromatic rings. The molecule has 3 aromatic carbocycles. The summed E-state index contributed by atoms with van der Waals surface area (Å²) >= 11 is 13.8. The van der Waals surface area contributed by atoms with Crippen LogP contribution < -0.4 is 20.7 Å². The predicted octanol–water partition coefficient (Wildman–Crippen LogP) is 6.72. The molecule has 1 fully saturated rings. The average Bonchev–Trinajstić information content (AvgIpc) is 4.16. The van der Waals surface area contributed by atoms with Gasteiger partial charge < -0.3 is 49.5 Å². The lowest BCUT2D eigenvalue weighted by atomic mass is 9.85. The van der Waals surface area contributed by atoms with Crippen LogP contribution in [0, 0.1) is 12.3 Å². The molecule has 0 saturated carbocycles. The molecule has 2 aromatic heterocycles. The van der Waals surface area contributed by atoms with Crippen molar-refractivity contribution in [3.05, 3.63) is 111 Å². The van der Waals surface area contributed by atoms with Gasteiger partial charge in [-0.15, -0.1) is 11.3 Å². The third kappa shape index (κ3) is 15.1. The lowest BCUT2D eigenvalue weighted by molar-refractivity contribution is -0.144. The summed E-state index contributed by atoms with van der Waals surface area (Å²) in [7, 11) is 0. The number of thiazole rings is 1. The number of fused-ring (bicyclic) bond motifs is 1. The van der Waals surface area contributed by atoms with Crippen molar-refractivity contribution in [2.75, 3.05) is 52.8 Å². The molecule has 4 heterocycles. The van der Waals surface area contributed by atoms with Crippen LogP contribution in [-0.4, -0.2) is 119 Å². The Hall–Kier alpha value is -5.40. The number of hydrogen-bond donors (Lipinski definition) is 4. The number of rotatable bonds is 24. The minimum absolute atomic E-state index is 0.0116. The normalized spacial score (nSPS) is 15.9. The summed E-state index contributed by atoms with van der Waals surface area (Å²) in [6, 6.07) is 17.0. The van der Waals surface area contributed by atoms with Crippen molar-refractivity contribution >= 4 is 58.2 Å². The van der Waals surface area contributed by atoms with Crippen molar-refractivity contribution in [2.45, 2.75) is 97.6 Å². The van der Waals surface area contributed by atoms with E-state index in [0.29, 0.717) is 35.6 Å². The first kappa shape index (κ1) is 53.4. The number of amides is 4. The molecule has 0 aliphatic carbocycles. The predicted molar refractivity (Wildman–Crippen MR) is 272 cm³/mol. The van der Waals surface area contributed by atoms with E-state index in [0.717, 1.165) is 69.3 Å². The summed E-state index contributed by atoms with van der Waals surface area (Å²) < 4.78 is 25.3. The van der Waals surface area contributed by atoms with E-state index in [2.05, 4.69) is 31.7 Å². The number of nitrogens with one attached hydrogen (secondary N) is 3. The highest BCUT2D eigenvalue weighted by Crippen LogP contribution is 2.31. The topological polar surface area (TPSA) is 195 Å². The third-order valence-electron chi connectivity index (χ3n) is 12.3. The smallest absolute Gasteiger partial charge is 0.246 e. The summed E-state index contributed by atoms with van der Waals surface area (Å²) in [5.74, 6) is 0.352. The van der Waals surface area contributed by atoms with Gasteiger partial charge in [0.05, 0.1) is 84.0 Å². The molecule has 19 heteroatoms. The van der Waals surface area contributed by atoms with Crippen LogP contribution >= 0.6 is 34.5 Å². The summed E-state index contributed by atoms with van der Waals surface area (Å²) in [5, 5.41) is 20.2. The van der Waals surface area contributed by atoms with Crippen molar-refractivity contribution in [2.24, 2.45) is 5.41 Å². The Morgan fingerprint density at radius 3 is 2.24 bits per heavy atom. The Labute approximate surface area is 428 Å². The molecule has 7 rings (SSSR count). The van der Waals surface area contributed by atoms with Gasteiger partial charge in [0.1, 0.15) is 30.3 Å². The highest BCUT2D eigenvalue weighted by molar-refractivity contribution is 7.13. The quantitative estimate of drug-likeness (QED) is 0.0479. The Balaban J connectivity index is 0.782. The van der Waals surface area contributed by atoms with Crippen LogP contribution in [0.4, 0.5) is 0 Å². The van der Waals surface area contributed by atoms with Gasteiger partial charge in [0.15, 0.2) is 0 Å². The van der Waals surface area contributed by atoms with Gasteiger partial charge >= 0.3 is 0 Å². The summed E-state index contributed by atoms with van der Waals surface area (Å²) in [6.45, 7) is 10.8. The number of β-amino-alcohol motifs (C(OH)–C–C–N with tert-alkyl or cyclic N) is 1. The zero-order chi connectivity index (χ0) is 50.5. The van der Waals surface area contributed by atoms with Crippen LogP contribution in [-0.2, 0) is 65.9 Å². The minimum atomic E-state index is -0.942. The Kier molecular flexibility index (Phi) is 19.0. The molecule has 3 atom stereocenters. The molecule has 0 spiro atoms. The fourth-order valence-corrected chi connectivity index (χ4v) is 9.57. The second kappa shape index (κ2) is 25.3. The fourth-order valence-electron chi connectivity index (χ4n) is 8.43. The first-order chi connectivity index (χ1) is 34.1. The Morgan fingerprint density at radius 1 is 0.845 bits per heavy atom. The highest BCUT2D eigenvalue weighted by atomic mass is 35.5. The highest BCUT2D eigenvalue weighted by Gasteiger charge is 2.44. The number of carbonyl (C=O) groups is 4. The van der Waals surface area contributed by atoms with Crippen LogP contribution in [0.25, 0.3) is 21.7 Å². The average molecular weight is 1030 g/mol. The number of aryl methyl sites for hydroxylation is 3. The molecule has 4 N–H and O–H groups in total. The van der Waals surface area contributed by atoms with Crippen molar-refractivity contribution in [3.8, 4) is 27.4 Å². The second-order valence-electron chi connectivity index (χ2n) is 18.7. The molecular weight excluding hydrogens is 970 g/mol. The number of aliphatic hydroxyl groups excluding tert-OH is 1.